The second-order valence-electron chi connectivity index (χ2n) is 5.30. The molecule has 8 heteroatoms. The van der Waals surface area contributed by atoms with Crippen molar-refractivity contribution in [2.24, 2.45) is 0 Å². The number of carboxylic acid groups (broad SMARTS) is 1. The predicted molar refractivity (Wildman–Crippen MR) is 86.4 cm³/mol. The van der Waals surface area contributed by atoms with Gasteiger partial charge in [-0.15, -0.1) is 11.3 Å². The van der Waals surface area contributed by atoms with Crippen LogP contribution in [-0.2, 0) is 16.0 Å². The average molecular weight is 336 g/mol. The van der Waals surface area contributed by atoms with Crippen LogP contribution < -0.4 is 5.32 Å². The van der Waals surface area contributed by atoms with Crippen LogP contribution in [0.25, 0.3) is 0 Å². The first-order chi connectivity index (χ1) is 11.1. The van der Waals surface area contributed by atoms with Gasteiger partial charge in [0.05, 0.1) is 17.1 Å². The van der Waals surface area contributed by atoms with Gasteiger partial charge in [-0.05, 0) is 26.2 Å². The molecule has 1 atom stereocenters. The average Bonchev–Trinajstić information content (AvgIpc) is 3.15. The van der Waals surface area contributed by atoms with Gasteiger partial charge < -0.3 is 10.4 Å². The summed E-state index contributed by atoms with van der Waals surface area (Å²) in [7, 11) is 0. The molecule has 0 aliphatic heterocycles. The fraction of sp³-hybridized carbons (Fsp3) is 0.467. The number of hydrogen-bond donors (Lipinski definition) is 3. The molecule has 0 aliphatic rings. The molecular weight excluding hydrogens is 316 g/mol. The number of aliphatic carboxylic acids is 1. The zero-order valence-corrected chi connectivity index (χ0v) is 13.7. The van der Waals surface area contributed by atoms with Crippen molar-refractivity contribution in [3.8, 4) is 0 Å². The number of carboxylic acids is 1. The molecule has 2 rings (SSSR count). The van der Waals surface area contributed by atoms with Crippen molar-refractivity contribution < 1.29 is 14.7 Å². The zero-order chi connectivity index (χ0) is 16.7. The first-order valence-electron chi connectivity index (χ1n) is 7.45. The highest BCUT2D eigenvalue weighted by Gasteiger charge is 2.20. The number of aromatic nitrogens is 3. The Hall–Kier alpha value is -2.22. The minimum absolute atomic E-state index is 0.0605. The van der Waals surface area contributed by atoms with Gasteiger partial charge in [0.2, 0.25) is 5.91 Å². The van der Waals surface area contributed by atoms with Gasteiger partial charge >= 0.3 is 5.97 Å². The normalized spacial score (nSPS) is 12.0. The summed E-state index contributed by atoms with van der Waals surface area (Å²) >= 11 is 1.61. The number of carbonyl (C=O) groups is 2. The fourth-order valence-corrected chi connectivity index (χ4v) is 3.06. The second kappa shape index (κ2) is 8.42. The van der Waals surface area contributed by atoms with Crippen molar-refractivity contribution >= 4 is 23.2 Å². The number of aryl methyl sites for hydroxylation is 2. The second-order valence-corrected chi connectivity index (χ2v) is 6.24. The lowest BCUT2D eigenvalue weighted by atomic mass is 9.99. The van der Waals surface area contributed by atoms with Gasteiger partial charge in [0.15, 0.2) is 0 Å². The predicted octanol–water partition coefficient (Wildman–Crippen LogP) is 1.87. The molecule has 0 spiro atoms. The van der Waals surface area contributed by atoms with E-state index in [0.717, 1.165) is 23.5 Å². The summed E-state index contributed by atoms with van der Waals surface area (Å²) in [4.78, 5) is 27.4. The van der Waals surface area contributed by atoms with Crippen LogP contribution in [0.3, 0.4) is 0 Å². The first-order valence-corrected chi connectivity index (χ1v) is 8.33. The van der Waals surface area contributed by atoms with Crippen LogP contribution in [0.15, 0.2) is 17.8 Å². The number of hydrogen-bond acceptors (Lipinski definition) is 5. The molecule has 124 valence electrons. The van der Waals surface area contributed by atoms with E-state index in [-0.39, 0.29) is 5.91 Å². The van der Waals surface area contributed by atoms with Crippen LogP contribution in [0.2, 0.25) is 0 Å². The van der Waals surface area contributed by atoms with Gasteiger partial charge in [-0.2, -0.15) is 5.10 Å². The summed E-state index contributed by atoms with van der Waals surface area (Å²) in [5.41, 5.74) is 1.62. The molecule has 2 heterocycles. The molecule has 0 aromatic carbocycles. The molecule has 0 fully saturated rings. The summed E-state index contributed by atoms with van der Waals surface area (Å²) in [6, 6.07) is 0. The third kappa shape index (κ3) is 5.48. The van der Waals surface area contributed by atoms with Crippen molar-refractivity contribution in [2.75, 3.05) is 6.54 Å². The number of H-pyrrole nitrogens is 1. The van der Waals surface area contributed by atoms with Crippen molar-refractivity contribution in [3.63, 3.8) is 0 Å². The molecular formula is C15H20N4O3S. The Morgan fingerprint density at radius 1 is 1.48 bits per heavy atom. The van der Waals surface area contributed by atoms with Crippen LogP contribution in [0.5, 0.6) is 0 Å². The Bertz CT molecular complexity index is 639. The number of nitrogens with one attached hydrogen (secondary N) is 2. The smallest absolute Gasteiger partial charge is 0.311 e. The van der Waals surface area contributed by atoms with Gasteiger partial charge in [-0.25, -0.2) is 4.98 Å². The highest BCUT2D eigenvalue weighted by Crippen LogP contribution is 2.18. The lowest BCUT2D eigenvalue weighted by molar-refractivity contribution is -0.139. The molecule has 23 heavy (non-hydrogen) atoms. The van der Waals surface area contributed by atoms with E-state index >= 15 is 0 Å². The van der Waals surface area contributed by atoms with E-state index in [1.165, 1.54) is 6.20 Å². The van der Waals surface area contributed by atoms with E-state index in [2.05, 4.69) is 20.5 Å². The summed E-state index contributed by atoms with van der Waals surface area (Å²) < 4.78 is 0. The number of nitrogens with zero attached hydrogens (tertiary/aromatic N) is 2. The number of aromatic amines is 1. The third-order valence-corrected chi connectivity index (χ3v) is 4.46. The van der Waals surface area contributed by atoms with E-state index < -0.39 is 11.9 Å². The highest BCUT2D eigenvalue weighted by atomic mass is 32.1. The number of rotatable bonds is 9. The minimum Gasteiger partial charge on any atom is -0.481 e. The zero-order valence-electron chi connectivity index (χ0n) is 12.9. The van der Waals surface area contributed by atoms with Crippen molar-refractivity contribution in [1.82, 2.24) is 20.5 Å². The molecule has 7 nitrogen and oxygen atoms in total. The SMILES string of the molecule is Cc1csc(CCCC(=O)NCCC(C(=O)O)c2cn[nH]c2)n1. The summed E-state index contributed by atoms with van der Waals surface area (Å²) in [5, 5.41) is 21.4. The van der Waals surface area contributed by atoms with Gasteiger partial charge in [-0.1, -0.05) is 0 Å². The fourth-order valence-electron chi connectivity index (χ4n) is 2.25. The van der Waals surface area contributed by atoms with Crippen molar-refractivity contribution in [1.29, 1.82) is 0 Å². The third-order valence-electron chi connectivity index (χ3n) is 3.44. The molecule has 0 saturated heterocycles. The summed E-state index contributed by atoms with van der Waals surface area (Å²) in [5.74, 6) is -1.64. The van der Waals surface area contributed by atoms with E-state index in [0.29, 0.717) is 24.9 Å². The largest absolute Gasteiger partial charge is 0.481 e. The Morgan fingerprint density at radius 2 is 2.30 bits per heavy atom. The maximum Gasteiger partial charge on any atom is 0.311 e. The minimum atomic E-state index is -0.917. The van der Waals surface area contributed by atoms with Crippen LogP contribution in [0.1, 0.15) is 41.4 Å². The first kappa shape index (κ1) is 17.1. The van der Waals surface area contributed by atoms with E-state index in [1.807, 2.05) is 12.3 Å². The van der Waals surface area contributed by atoms with E-state index in [1.54, 1.807) is 17.5 Å². The monoisotopic (exact) mass is 336 g/mol. The Labute approximate surface area is 138 Å². The highest BCUT2D eigenvalue weighted by molar-refractivity contribution is 7.09. The van der Waals surface area contributed by atoms with E-state index in [9.17, 15) is 14.7 Å². The van der Waals surface area contributed by atoms with Crippen LogP contribution >= 0.6 is 11.3 Å². The quantitative estimate of drug-likeness (QED) is 0.648. The van der Waals surface area contributed by atoms with Gasteiger partial charge in [0, 0.05) is 35.8 Å². The molecule has 2 aromatic heterocycles. The molecule has 0 bridgehead atoms. The molecule has 1 amide bonds. The standard InChI is InChI=1S/C15H20N4O3S/c1-10-9-23-14(19-10)4-2-3-13(20)16-6-5-12(15(21)22)11-7-17-18-8-11/h7-9,12H,2-6H2,1H3,(H,16,20)(H,17,18)(H,21,22). The maximum atomic E-state index is 11.8. The molecule has 3 N–H and O–H groups in total. The molecule has 1 unspecified atom stereocenters. The number of thiazole rings is 1. The summed E-state index contributed by atoms with van der Waals surface area (Å²) in [6.45, 7) is 2.28. The van der Waals surface area contributed by atoms with Gasteiger partial charge in [0.25, 0.3) is 0 Å². The number of carbonyl (C=O) groups excluding carboxylic acids is 1. The summed E-state index contributed by atoms with van der Waals surface area (Å²) in [6.07, 6.45) is 5.35. The molecule has 0 radical (unpaired) electrons. The van der Waals surface area contributed by atoms with Crippen LogP contribution in [0, 0.1) is 6.92 Å². The molecule has 0 saturated carbocycles. The van der Waals surface area contributed by atoms with Crippen molar-refractivity contribution in [3.05, 3.63) is 34.0 Å². The maximum absolute atomic E-state index is 11.8. The topological polar surface area (TPSA) is 108 Å². The van der Waals surface area contributed by atoms with E-state index in [4.69, 9.17) is 0 Å². The Kier molecular flexibility index (Phi) is 6.28. The molecule has 0 aliphatic carbocycles. The van der Waals surface area contributed by atoms with Crippen molar-refractivity contribution in [2.45, 2.75) is 38.5 Å². The van der Waals surface area contributed by atoms with Crippen LogP contribution in [-0.4, -0.2) is 38.7 Å². The van der Waals surface area contributed by atoms with Gasteiger partial charge in [-0.3, -0.25) is 14.7 Å². The number of amides is 1. The lowest BCUT2D eigenvalue weighted by Crippen LogP contribution is -2.27. The molecule has 2 aromatic rings. The Balaban J connectivity index is 1.66. The Morgan fingerprint density at radius 3 is 2.91 bits per heavy atom. The van der Waals surface area contributed by atoms with Crippen LogP contribution in [0.4, 0.5) is 0 Å². The lowest BCUT2D eigenvalue weighted by Gasteiger charge is -2.11. The van der Waals surface area contributed by atoms with Gasteiger partial charge in [0.1, 0.15) is 0 Å².